The number of methoxy groups -OCH3 is 1. The van der Waals surface area contributed by atoms with Gasteiger partial charge in [0.1, 0.15) is 5.75 Å². The summed E-state index contributed by atoms with van der Waals surface area (Å²) in [5, 5.41) is 0. The smallest absolute Gasteiger partial charge is 0.142 e. The first-order valence-corrected chi connectivity index (χ1v) is 6.27. The Morgan fingerprint density at radius 1 is 1.00 bits per heavy atom. The molecule has 0 saturated heterocycles. The predicted octanol–water partition coefficient (Wildman–Crippen LogP) is 3.66. The summed E-state index contributed by atoms with van der Waals surface area (Å²) < 4.78 is 5.48. The van der Waals surface area contributed by atoms with Crippen molar-refractivity contribution >= 4 is 17.1 Å². The molecular formula is C16H20N2O. The zero-order valence-electron chi connectivity index (χ0n) is 11.9. The van der Waals surface area contributed by atoms with Gasteiger partial charge in [0, 0.05) is 18.4 Å². The Kier molecular flexibility index (Phi) is 3.65. The lowest BCUT2D eigenvalue weighted by Gasteiger charge is -2.23. The molecule has 0 saturated carbocycles. The molecule has 100 valence electrons. The van der Waals surface area contributed by atoms with E-state index in [4.69, 9.17) is 10.5 Å². The number of benzene rings is 2. The van der Waals surface area contributed by atoms with Crippen LogP contribution in [0.15, 0.2) is 36.4 Å². The van der Waals surface area contributed by atoms with Gasteiger partial charge in [-0.2, -0.15) is 0 Å². The van der Waals surface area contributed by atoms with Crippen molar-refractivity contribution < 1.29 is 4.74 Å². The Hall–Kier alpha value is -2.16. The van der Waals surface area contributed by atoms with Crippen molar-refractivity contribution in [3.63, 3.8) is 0 Å². The summed E-state index contributed by atoms with van der Waals surface area (Å²) >= 11 is 0. The largest absolute Gasteiger partial charge is 0.495 e. The first-order chi connectivity index (χ1) is 9.02. The zero-order chi connectivity index (χ0) is 14.0. The van der Waals surface area contributed by atoms with Crippen LogP contribution in [0.2, 0.25) is 0 Å². The number of nitrogens with zero attached hydrogens (tertiary/aromatic N) is 1. The molecule has 0 aliphatic rings. The van der Waals surface area contributed by atoms with Crippen LogP contribution >= 0.6 is 0 Å². The summed E-state index contributed by atoms with van der Waals surface area (Å²) in [5.41, 5.74) is 11.1. The molecule has 19 heavy (non-hydrogen) atoms. The monoisotopic (exact) mass is 256 g/mol. The third-order valence-corrected chi connectivity index (χ3v) is 3.44. The summed E-state index contributed by atoms with van der Waals surface area (Å²) in [6.45, 7) is 4.19. The average Bonchev–Trinajstić information content (AvgIpc) is 2.41. The fourth-order valence-electron chi connectivity index (χ4n) is 2.04. The SMILES string of the molecule is COc1cc(C)c(C)cc1N(C)c1ccc(N)cc1. The lowest BCUT2D eigenvalue weighted by Crippen LogP contribution is -2.11. The van der Waals surface area contributed by atoms with Crippen LogP contribution in [0.5, 0.6) is 5.75 Å². The summed E-state index contributed by atoms with van der Waals surface area (Å²) in [6.07, 6.45) is 0. The Bertz CT molecular complexity index is 576. The number of rotatable bonds is 3. The highest BCUT2D eigenvalue weighted by atomic mass is 16.5. The van der Waals surface area contributed by atoms with Gasteiger partial charge in [-0.3, -0.25) is 0 Å². The second kappa shape index (κ2) is 5.22. The van der Waals surface area contributed by atoms with Gasteiger partial charge in [0.25, 0.3) is 0 Å². The Morgan fingerprint density at radius 3 is 2.16 bits per heavy atom. The van der Waals surface area contributed by atoms with Crippen molar-refractivity contribution in [1.29, 1.82) is 0 Å². The van der Waals surface area contributed by atoms with E-state index in [1.807, 2.05) is 31.3 Å². The first kappa shape index (κ1) is 13.3. The molecule has 0 aromatic heterocycles. The van der Waals surface area contributed by atoms with Crippen molar-refractivity contribution in [3.05, 3.63) is 47.5 Å². The van der Waals surface area contributed by atoms with Crippen LogP contribution in [0.4, 0.5) is 17.1 Å². The van der Waals surface area contributed by atoms with E-state index in [0.717, 1.165) is 22.8 Å². The highest BCUT2D eigenvalue weighted by molar-refractivity contribution is 5.71. The molecule has 0 heterocycles. The molecular weight excluding hydrogens is 236 g/mol. The van der Waals surface area contributed by atoms with Gasteiger partial charge in [0.15, 0.2) is 0 Å². The maximum absolute atomic E-state index is 5.72. The Labute approximate surface area is 114 Å². The number of ether oxygens (including phenoxy) is 1. The van der Waals surface area contributed by atoms with Gasteiger partial charge in [0.2, 0.25) is 0 Å². The van der Waals surface area contributed by atoms with Gasteiger partial charge in [-0.25, -0.2) is 0 Å². The number of anilines is 3. The van der Waals surface area contributed by atoms with E-state index in [1.165, 1.54) is 11.1 Å². The third-order valence-electron chi connectivity index (χ3n) is 3.44. The minimum Gasteiger partial charge on any atom is -0.495 e. The molecule has 2 aromatic rings. The number of hydrogen-bond acceptors (Lipinski definition) is 3. The summed E-state index contributed by atoms with van der Waals surface area (Å²) in [6, 6.07) is 12.0. The van der Waals surface area contributed by atoms with Gasteiger partial charge >= 0.3 is 0 Å². The molecule has 0 atom stereocenters. The van der Waals surface area contributed by atoms with Crippen molar-refractivity contribution in [3.8, 4) is 5.75 Å². The molecule has 0 fully saturated rings. The maximum atomic E-state index is 5.72. The summed E-state index contributed by atoms with van der Waals surface area (Å²) in [5.74, 6) is 0.877. The molecule has 2 aromatic carbocycles. The lowest BCUT2D eigenvalue weighted by molar-refractivity contribution is 0.415. The second-order valence-electron chi connectivity index (χ2n) is 4.76. The van der Waals surface area contributed by atoms with E-state index >= 15 is 0 Å². The summed E-state index contributed by atoms with van der Waals surface area (Å²) in [4.78, 5) is 2.10. The molecule has 3 nitrogen and oxygen atoms in total. The Morgan fingerprint density at radius 2 is 1.58 bits per heavy atom. The number of nitrogen functional groups attached to an aromatic ring is 1. The molecule has 3 heteroatoms. The average molecular weight is 256 g/mol. The van der Waals surface area contributed by atoms with Crippen molar-refractivity contribution in [2.75, 3.05) is 24.8 Å². The van der Waals surface area contributed by atoms with E-state index < -0.39 is 0 Å². The minimum absolute atomic E-state index is 0.768. The van der Waals surface area contributed by atoms with Crippen LogP contribution in [-0.4, -0.2) is 14.2 Å². The molecule has 2 rings (SSSR count). The van der Waals surface area contributed by atoms with Gasteiger partial charge in [-0.1, -0.05) is 0 Å². The van der Waals surface area contributed by atoms with Crippen LogP contribution in [0, 0.1) is 13.8 Å². The molecule has 0 aliphatic carbocycles. The fraction of sp³-hybridized carbons (Fsp3) is 0.250. The molecule has 0 aliphatic heterocycles. The molecule has 0 amide bonds. The van der Waals surface area contributed by atoms with Gasteiger partial charge in [0.05, 0.1) is 12.8 Å². The van der Waals surface area contributed by atoms with Crippen molar-refractivity contribution in [2.24, 2.45) is 0 Å². The summed E-state index contributed by atoms with van der Waals surface area (Å²) in [7, 11) is 3.72. The Balaban J connectivity index is 2.45. The molecule has 0 radical (unpaired) electrons. The topological polar surface area (TPSA) is 38.5 Å². The number of aryl methyl sites for hydroxylation is 2. The lowest BCUT2D eigenvalue weighted by atomic mass is 10.1. The van der Waals surface area contributed by atoms with Gasteiger partial charge < -0.3 is 15.4 Å². The number of nitrogens with two attached hydrogens (primary N) is 1. The van der Waals surface area contributed by atoms with E-state index in [2.05, 4.69) is 30.9 Å². The fourth-order valence-corrected chi connectivity index (χ4v) is 2.04. The van der Waals surface area contributed by atoms with Crippen LogP contribution < -0.4 is 15.4 Å². The normalized spacial score (nSPS) is 10.3. The highest BCUT2D eigenvalue weighted by Gasteiger charge is 2.11. The van der Waals surface area contributed by atoms with Crippen molar-refractivity contribution in [1.82, 2.24) is 0 Å². The standard InChI is InChI=1S/C16H20N2O/c1-11-9-15(16(19-4)10-12(11)2)18(3)14-7-5-13(17)6-8-14/h5-10H,17H2,1-4H3. The molecule has 0 spiro atoms. The predicted molar refractivity (Wildman–Crippen MR) is 81.4 cm³/mol. The van der Waals surface area contributed by atoms with Gasteiger partial charge in [-0.05, 0) is 61.4 Å². The molecule has 0 unspecified atom stereocenters. The van der Waals surface area contributed by atoms with E-state index in [9.17, 15) is 0 Å². The van der Waals surface area contributed by atoms with Crippen molar-refractivity contribution in [2.45, 2.75) is 13.8 Å². The molecule has 2 N–H and O–H groups in total. The minimum atomic E-state index is 0.768. The maximum Gasteiger partial charge on any atom is 0.142 e. The van der Waals surface area contributed by atoms with Crippen LogP contribution in [0.25, 0.3) is 0 Å². The zero-order valence-corrected chi connectivity index (χ0v) is 11.9. The van der Waals surface area contributed by atoms with Crippen LogP contribution in [0.3, 0.4) is 0 Å². The van der Waals surface area contributed by atoms with Crippen LogP contribution in [-0.2, 0) is 0 Å². The van der Waals surface area contributed by atoms with E-state index in [-0.39, 0.29) is 0 Å². The third kappa shape index (κ3) is 2.65. The van der Waals surface area contributed by atoms with Crippen LogP contribution in [0.1, 0.15) is 11.1 Å². The van der Waals surface area contributed by atoms with E-state index in [0.29, 0.717) is 0 Å². The number of hydrogen-bond donors (Lipinski definition) is 1. The first-order valence-electron chi connectivity index (χ1n) is 6.27. The second-order valence-corrected chi connectivity index (χ2v) is 4.76. The van der Waals surface area contributed by atoms with E-state index in [1.54, 1.807) is 7.11 Å². The quantitative estimate of drug-likeness (QED) is 0.852. The molecule has 0 bridgehead atoms. The van der Waals surface area contributed by atoms with Gasteiger partial charge in [-0.15, -0.1) is 0 Å². The highest BCUT2D eigenvalue weighted by Crippen LogP contribution is 2.34.